The highest BCUT2D eigenvalue weighted by Gasteiger charge is 2.36. The number of nitrogens with zero attached hydrogens (tertiary/aromatic N) is 3. The summed E-state index contributed by atoms with van der Waals surface area (Å²) in [4.78, 5) is 18.6. The van der Waals surface area contributed by atoms with Gasteiger partial charge in [0.15, 0.2) is 0 Å². The van der Waals surface area contributed by atoms with Crippen molar-refractivity contribution in [1.29, 1.82) is 0 Å². The van der Waals surface area contributed by atoms with Crippen LogP contribution in [0.25, 0.3) is 11.4 Å². The van der Waals surface area contributed by atoms with Crippen molar-refractivity contribution >= 4 is 23.1 Å². The Balaban J connectivity index is 1.35. The lowest BCUT2D eigenvalue weighted by atomic mass is 10.0. The minimum absolute atomic E-state index is 0.0720. The Morgan fingerprint density at radius 3 is 3.00 bits per heavy atom. The Morgan fingerprint density at radius 1 is 1.38 bits per heavy atom. The number of anilines is 1. The molecule has 1 fully saturated rings. The summed E-state index contributed by atoms with van der Waals surface area (Å²) in [5.74, 6) is 1.90. The van der Waals surface area contributed by atoms with Crippen LogP contribution >= 0.6 is 11.3 Å². The van der Waals surface area contributed by atoms with E-state index in [2.05, 4.69) is 15.5 Å². The first-order chi connectivity index (χ1) is 12.7. The maximum Gasteiger partial charge on any atom is 0.321 e. The third-order valence-electron chi connectivity index (χ3n) is 4.17. The molecular weight excluding hydrogens is 352 g/mol. The summed E-state index contributed by atoms with van der Waals surface area (Å²) >= 11 is 1.59. The number of carbonyl (C=O) groups is 1. The quantitative estimate of drug-likeness (QED) is 0.738. The Hall–Kier alpha value is -2.87. The molecule has 3 heterocycles. The van der Waals surface area contributed by atoms with Gasteiger partial charge in [0.2, 0.25) is 11.7 Å². The van der Waals surface area contributed by atoms with Crippen molar-refractivity contribution in [1.82, 2.24) is 15.0 Å². The molecule has 2 amide bonds. The Bertz CT molecular complexity index is 887. The van der Waals surface area contributed by atoms with E-state index >= 15 is 0 Å². The van der Waals surface area contributed by atoms with E-state index in [0.29, 0.717) is 42.8 Å². The van der Waals surface area contributed by atoms with E-state index in [4.69, 9.17) is 9.26 Å². The number of aromatic nitrogens is 2. The number of nitrogens with one attached hydrogen (secondary N) is 1. The number of ether oxygens (including phenoxy) is 1. The summed E-state index contributed by atoms with van der Waals surface area (Å²) in [5.41, 5.74) is 1.62. The first-order valence-corrected chi connectivity index (χ1v) is 9.33. The van der Waals surface area contributed by atoms with Gasteiger partial charge in [-0.2, -0.15) is 16.3 Å². The molecule has 1 aliphatic rings. The predicted octanol–water partition coefficient (Wildman–Crippen LogP) is 3.83. The van der Waals surface area contributed by atoms with Gasteiger partial charge < -0.3 is 19.5 Å². The van der Waals surface area contributed by atoms with E-state index in [9.17, 15) is 4.79 Å². The van der Waals surface area contributed by atoms with Crippen molar-refractivity contribution in [2.75, 3.05) is 25.0 Å². The van der Waals surface area contributed by atoms with Crippen LogP contribution in [0.2, 0.25) is 0 Å². The fourth-order valence-corrected chi connectivity index (χ4v) is 3.39. The van der Waals surface area contributed by atoms with Crippen LogP contribution < -0.4 is 10.1 Å². The van der Waals surface area contributed by atoms with Crippen LogP contribution in [0.5, 0.6) is 5.75 Å². The maximum atomic E-state index is 12.4. The molecule has 0 saturated carbocycles. The van der Waals surface area contributed by atoms with Crippen LogP contribution in [0.4, 0.5) is 10.5 Å². The Labute approximate surface area is 154 Å². The molecule has 4 rings (SSSR count). The van der Waals surface area contributed by atoms with Gasteiger partial charge in [-0.1, -0.05) is 17.3 Å². The summed E-state index contributed by atoms with van der Waals surface area (Å²) in [6.07, 6.45) is 0. The van der Waals surface area contributed by atoms with Crippen LogP contribution in [0.15, 0.2) is 45.6 Å². The van der Waals surface area contributed by atoms with Crippen LogP contribution in [0.3, 0.4) is 0 Å². The third-order valence-corrected chi connectivity index (χ3v) is 4.85. The molecule has 7 nitrogen and oxygen atoms in total. The molecule has 0 bridgehead atoms. The van der Waals surface area contributed by atoms with Gasteiger partial charge in [-0.05, 0) is 30.5 Å². The monoisotopic (exact) mass is 370 g/mol. The number of para-hydroxylation sites is 2. The highest BCUT2D eigenvalue weighted by molar-refractivity contribution is 7.08. The lowest BCUT2D eigenvalue weighted by Crippen LogP contribution is -2.50. The molecular formula is C18H18N4O3S. The molecule has 3 aromatic rings. The zero-order valence-corrected chi connectivity index (χ0v) is 15.0. The van der Waals surface area contributed by atoms with Crippen molar-refractivity contribution in [2.24, 2.45) is 0 Å². The number of hydrogen-bond acceptors (Lipinski definition) is 6. The summed E-state index contributed by atoms with van der Waals surface area (Å²) in [6.45, 7) is 3.55. The van der Waals surface area contributed by atoms with E-state index in [1.807, 2.05) is 48.0 Å². The van der Waals surface area contributed by atoms with Crippen molar-refractivity contribution in [3.8, 4) is 17.1 Å². The SMILES string of the molecule is CCOc1ccccc1NC(=O)N1CC(c2nc(-c3ccsc3)no2)C1. The van der Waals surface area contributed by atoms with Crippen LogP contribution in [0, 0.1) is 0 Å². The van der Waals surface area contributed by atoms with Gasteiger partial charge in [-0.25, -0.2) is 4.79 Å². The van der Waals surface area contributed by atoms with E-state index in [1.54, 1.807) is 16.2 Å². The lowest BCUT2D eigenvalue weighted by molar-refractivity contribution is 0.147. The third kappa shape index (κ3) is 3.28. The number of benzene rings is 1. The van der Waals surface area contributed by atoms with Crippen molar-refractivity contribution in [3.63, 3.8) is 0 Å². The highest BCUT2D eigenvalue weighted by atomic mass is 32.1. The zero-order chi connectivity index (χ0) is 17.9. The average molecular weight is 370 g/mol. The van der Waals surface area contributed by atoms with Gasteiger partial charge in [-0.15, -0.1) is 0 Å². The van der Waals surface area contributed by atoms with E-state index in [0.717, 1.165) is 5.56 Å². The van der Waals surface area contributed by atoms with Gasteiger partial charge >= 0.3 is 6.03 Å². The molecule has 1 saturated heterocycles. The number of hydrogen-bond donors (Lipinski definition) is 1. The molecule has 1 aromatic carbocycles. The first-order valence-electron chi connectivity index (χ1n) is 8.38. The molecule has 26 heavy (non-hydrogen) atoms. The Kier molecular flexibility index (Phi) is 4.57. The number of carbonyl (C=O) groups excluding carboxylic acids is 1. The highest BCUT2D eigenvalue weighted by Crippen LogP contribution is 2.30. The molecule has 0 radical (unpaired) electrons. The van der Waals surface area contributed by atoms with Crippen LogP contribution in [-0.4, -0.2) is 40.8 Å². The van der Waals surface area contributed by atoms with Gasteiger partial charge in [0, 0.05) is 24.0 Å². The van der Waals surface area contributed by atoms with E-state index in [1.165, 1.54) is 0 Å². The summed E-state index contributed by atoms with van der Waals surface area (Å²) in [5, 5.41) is 10.9. The van der Waals surface area contributed by atoms with Gasteiger partial charge in [-0.3, -0.25) is 0 Å². The number of urea groups is 1. The number of rotatable bonds is 5. The molecule has 1 aliphatic heterocycles. The summed E-state index contributed by atoms with van der Waals surface area (Å²) in [7, 11) is 0. The lowest BCUT2D eigenvalue weighted by Gasteiger charge is -2.36. The first kappa shape index (κ1) is 16.6. The molecule has 0 spiro atoms. The number of amides is 2. The normalized spacial score (nSPS) is 14.1. The summed E-state index contributed by atoms with van der Waals surface area (Å²) < 4.78 is 10.9. The Morgan fingerprint density at radius 2 is 2.23 bits per heavy atom. The van der Waals surface area contributed by atoms with Crippen molar-refractivity contribution < 1.29 is 14.1 Å². The van der Waals surface area contributed by atoms with Crippen molar-refractivity contribution in [3.05, 3.63) is 47.0 Å². The topological polar surface area (TPSA) is 80.5 Å². The maximum absolute atomic E-state index is 12.4. The van der Waals surface area contributed by atoms with Gasteiger partial charge in [0.05, 0.1) is 18.2 Å². The van der Waals surface area contributed by atoms with E-state index in [-0.39, 0.29) is 11.9 Å². The molecule has 134 valence electrons. The number of thiophene rings is 1. The zero-order valence-electron chi connectivity index (χ0n) is 14.2. The fourth-order valence-electron chi connectivity index (χ4n) is 2.76. The van der Waals surface area contributed by atoms with Gasteiger partial charge in [0.1, 0.15) is 5.75 Å². The molecule has 0 atom stereocenters. The minimum Gasteiger partial charge on any atom is -0.492 e. The smallest absolute Gasteiger partial charge is 0.321 e. The van der Waals surface area contributed by atoms with Crippen molar-refractivity contribution in [2.45, 2.75) is 12.8 Å². The fraction of sp³-hybridized carbons (Fsp3) is 0.278. The second-order valence-corrected chi connectivity index (χ2v) is 6.71. The molecule has 0 aliphatic carbocycles. The van der Waals surface area contributed by atoms with Gasteiger partial charge in [0.25, 0.3) is 0 Å². The number of likely N-dealkylation sites (tertiary alicyclic amines) is 1. The largest absolute Gasteiger partial charge is 0.492 e. The molecule has 1 N–H and O–H groups in total. The second-order valence-electron chi connectivity index (χ2n) is 5.93. The second kappa shape index (κ2) is 7.17. The van der Waals surface area contributed by atoms with E-state index < -0.39 is 0 Å². The predicted molar refractivity (Wildman–Crippen MR) is 98.6 cm³/mol. The average Bonchev–Trinajstić information content (AvgIpc) is 3.26. The summed E-state index contributed by atoms with van der Waals surface area (Å²) in [6, 6.07) is 9.19. The van der Waals surface area contributed by atoms with Crippen LogP contribution in [0.1, 0.15) is 18.7 Å². The minimum atomic E-state index is -0.161. The molecule has 2 aromatic heterocycles. The molecule has 0 unspecified atom stereocenters. The molecule has 8 heteroatoms. The standard InChI is InChI=1S/C18H18N4O3S/c1-2-24-15-6-4-3-5-14(15)19-18(23)22-9-13(10-22)17-20-16(21-25-17)12-7-8-26-11-12/h3-8,11,13H,2,9-10H2,1H3,(H,19,23). The van der Waals surface area contributed by atoms with Crippen LogP contribution in [-0.2, 0) is 0 Å².